The molecule has 2 aliphatic rings. The van der Waals surface area contributed by atoms with Crippen molar-refractivity contribution in [3.8, 4) is 0 Å². The lowest BCUT2D eigenvalue weighted by atomic mass is 9.90. The van der Waals surface area contributed by atoms with E-state index < -0.39 is 28.8 Å². The molecule has 1 aromatic carbocycles. The van der Waals surface area contributed by atoms with Gasteiger partial charge >= 0.3 is 11.8 Å². The highest BCUT2D eigenvalue weighted by molar-refractivity contribution is 5.87. The van der Waals surface area contributed by atoms with E-state index in [0.29, 0.717) is 34.5 Å². The number of benzene rings is 1. The number of halogens is 1. The molecule has 0 radical (unpaired) electrons. The zero-order valence-corrected chi connectivity index (χ0v) is 20.5. The van der Waals surface area contributed by atoms with Gasteiger partial charge in [0.05, 0.1) is 16.6 Å². The molecule has 2 atom stereocenters. The minimum absolute atomic E-state index is 0.0328. The monoisotopic (exact) mass is 475 g/mol. The van der Waals surface area contributed by atoms with Crippen LogP contribution in [0.4, 0.5) is 14.9 Å². The number of alkyl carbamates (subject to hydrolysis) is 1. The minimum Gasteiger partial charge on any atom is -0.444 e. The largest absolute Gasteiger partial charge is 0.444 e. The summed E-state index contributed by atoms with van der Waals surface area (Å²) < 4.78 is 22.9. The fourth-order valence-corrected chi connectivity index (χ4v) is 4.95. The fourth-order valence-electron chi connectivity index (χ4n) is 4.95. The van der Waals surface area contributed by atoms with Crippen LogP contribution < -0.4 is 27.3 Å². The summed E-state index contributed by atoms with van der Waals surface area (Å²) in [6.45, 7) is 10.3. The van der Waals surface area contributed by atoms with Crippen LogP contribution in [0.3, 0.4) is 0 Å². The molecule has 1 saturated heterocycles. The molecule has 3 N–H and O–H groups in total. The summed E-state index contributed by atoms with van der Waals surface area (Å²) in [4.78, 5) is 39.7. The van der Waals surface area contributed by atoms with Crippen molar-refractivity contribution < 1.29 is 13.9 Å². The Hall–Kier alpha value is -3.04. The maximum atomic E-state index is 15.4. The van der Waals surface area contributed by atoms with E-state index in [9.17, 15) is 14.4 Å². The van der Waals surface area contributed by atoms with Crippen molar-refractivity contribution in [2.75, 3.05) is 23.8 Å². The molecular weight excluding hydrogens is 441 g/mol. The minimum atomic E-state index is -0.697. The van der Waals surface area contributed by atoms with E-state index in [1.54, 1.807) is 11.5 Å². The van der Waals surface area contributed by atoms with Gasteiger partial charge in [-0.05, 0) is 72.3 Å². The van der Waals surface area contributed by atoms with Crippen molar-refractivity contribution in [1.82, 2.24) is 14.6 Å². The van der Waals surface area contributed by atoms with Crippen molar-refractivity contribution in [3.05, 3.63) is 38.3 Å². The highest BCUT2D eigenvalue weighted by atomic mass is 19.1. The summed E-state index contributed by atoms with van der Waals surface area (Å²) in [6, 6.07) is 0.998. The lowest BCUT2D eigenvalue weighted by Crippen LogP contribution is -2.48. The topological polar surface area (TPSA) is 112 Å². The van der Waals surface area contributed by atoms with Gasteiger partial charge in [-0.25, -0.2) is 14.0 Å². The molecule has 4 rings (SSSR count). The van der Waals surface area contributed by atoms with Crippen LogP contribution in [0.2, 0.25) is 0 Å². The Kier molecular flexibility index (Phi) is 6.12. The predicted octanol–water partition coefficient (Wildman–Crippen LogP) is 2.79. The first kappa shape index (κ1) is 24.1. The van der Waals surface area contributed by atoms with Gasteiger partial charge in [-0.3, -0.25) is 9.36 Å². The molecule has 0 bridgehead atoms. The standard InChI is InChI=1S/C24H34FN5O4/c1-13-19-17(21(31)30(26)23(33)29(19)16-8-9-16)11-18(25)20(13)28-10-6-7-15(12-28)14(2)27-22(32)34-24(3,4)5/h11,14-16H,6-10,12,26H2,1-5H3,(H,27,32). The number of hydrogen-bond acceptors (Lipinski definition) is 6. The molecule has 1 aliphatic carbocycles. The van der Waals surface area contributed by atoms with Gasteiger partial charge in [0.1, 0.15) is 11.4 Å². The molecule has 1 saturated carbocycles. The SMILES string of the molecule is Cc1c(N2CCCC(C(C)NC(=O)OC(C)(C)C)C2)c(F)cc2c(=O)n(N)c(=O)n(C3CC3)c12. The van der Waals surface area contributed by atoms with E-state index in [2.05, 4.69) is 5.32 Å². The van der Waals surface area contributed by atoms with Crippen LogP contribution in [0, 0.1) is 18.7 Å². The van der Waals surface area contributed by atoms with Crippen LogP contribution in [0.5, 0.6) is 0 Å². The smallest absolute Gasteiger partial charge is 0.407 e. The number of nitrogens with zero attached hydrogens (tertiary/aromatic N) is 3. The molecule has 2 fully saturated rings. The Balaban J connectivity index is 1.68. The van der Waals surface area contributed by atoms with Gasteiger partial charge in [-0.2, -0.15) is 4.68 Å². The summed E-state index contributed by atoms with van der Waals surface area (Å²) in [5.41, 5.74) is -0.454. The van der Waals surface area contributed by atoms with Crippen molar-refractivity contribution in [2.45, 2.75) is 78.0 Å². The first-order valence-electron chi connectivity index (χ1n) is 11.9. The van der Waals surface area contributed by atoms with Crippen molar-refractivity contribution in [1.29, 1.82) is 0 Å². The molecule has 186 valence electrons. The lowest BCUT2D eigenvalue weighted by molar-refractivity contribution is 0.0489. The fraction of sp³-hybridized carbons (Fsp3) is 0.625. The number of hydrogen-bond donors (Lipinski definition) is 2. The summed E-state index contributed by atoms with van der Waals surface area (Å²) in [6.07, 6.45) is 2.86. The zero-order valence-electron chi connectivity index (χ0n) is 20.5. The molecule has 2 aromatic rings. The average Bonchev–Trinajstić information content (AvgIpc) is 3.57. The quantitative estimate of drug-likeness (QED) is 0.658. The Morgan fingerprint density at radius 3 is 2.56 bits per heavy atom. The van der Waals surface area contributed by atoms with Crippen molar-refractivity contribution >= 4 is 22.7 Å². The first-order valence-corrected chi connectivity index (χ1v) is 11.9. The average molecular weight is 476 g/mol. The number of amides is 1. The van der Waals surface area contributed by atoms with Crippen LogP contribution in [-0.2, 0) is 4.74 Å². The lowest BCUT2D eigenvalue weighted by Gasteiger charge is -2.38. The van der Waals surface area contributed by atoms with Crippen molar-refractivity contribution in [2.24, 2.45) is 5.92 Å². The molecular formula is C24H34FN5O4. The first-order chi connectivity index (χ1) is 15.9. The molecule has 34 heavy (non-hydrogen) atoms. The van der Waals surface area contributed by atoms with E-state index in [-0.39, 0.29) is 23.4 Å². The van der Waals surface area contributed by atoms with Gasteiger partial charge in [0.15, 0.2) is 0 Å². The number of rotatable bonds is 4. The van der Waals surface area contributed by atoms with Gasteiger partial charge in [0.2, 0.25) is 0 Å². The predicted molar refractivity (Wildman–Crippen MR) is 129 cm³/mol. The molecule has 1 aliphatic heterocycles. The summed E-state index contributed by atoms with van der Waals surface area (Å²) in [5.74, 6) is 5.28. The number of nitrogen functional groups attached to an aromatic ring is 1. The number of nitrogens with two attached hydrogens (primary N) is 1. The van der Waals surface area contributed by atoms with Gasteiger partial charge in [0.25, 0.3) is 5.56 Å². The van der Waals surface area contributed by atoms with E-state index >= 15 is 4.39 Å². The Morgan fingerprint density at radius 2 is 1.94 bits per heavy atom. The molecule has 9 nitrogen and oxygen atoms in total. The van der Waals surface area contributed by atoms with Crippen LogP contribution in [0.1, 0.15) is 65.0 Å². The maximum absolute atomic E-state index is 15.4. The highest BCUT2D eigenvalue weighted by Crippen LogP contribution is 2.39. The number of anilines is 1. The summed E-state index contributed by atoms with van der Waals surface area (Å²) in [5, 5.41) is 3.02. The van der Waals surface area contributed by atoms with Gasteiger partial charge in [-0.15, -0.1) is 0 Å². The highest BCUT2D eigenvalue weighted by Gasteiger charge is 2.33. The van der Waals surface area contributed by atoms with Crippen LogP contribution in [0.15, 0.2) is 15.7 Å². The molecule has 1 aromatic heterocycles. The number of ether oxygens (including phenoxy) is 1. The van der Waals surface area contributed by atoms with E-state index in [4.69, 9.17) is 10.6 Å². The van der Waals surface area contributed by atoms with E-state index in [1.807, 2.05) is 32.6 Å². The number of carbonyl (C=O) groups excluding carboxylic acids is 1. The van der Waals surface area contributed by atoms with Crippen LogP contribution >= 0.6 is 0 Å². The van der Waals surface area contributed by atoms with Gasteiger partial charge in [0, 0.05) is 30.7 Å². The van der Waals surface area contributed by atoms with E-state index in [1.165, 1.54) is 6.07 Å². The van der Waals surface area contributed by atoms with Gasteiger partial charge < -0.3 is 20.8 Å². The molecule has 2 unspecified atom stereocenters. The number of fused-ring (bicyclic) bond motifs is 1. The molecule has 2 heterocycles. The normalized spacial score (nSPS) is 19.8. The number of aromatic nitrogens is 2. The molecule has 1 amide bonds. The van der Waals surface area contributed by atoms with Crippen LogP contribution in [0.25, 0.3) is 10.9 Å². The Bertz CT molecular complexity index is 1240. The molecule has 0 spiro atoms. The third-order valence-electron chi connectivity index (χ3n) is 6.70. The third kappa shape index (κ3) is 4.50. The molecule has 10 heteroatoms. The van der Waals surface area contributed by atoms with E-state index in [0.717, 1.165) is 25.7 Å². The summed E-state index contributed by atoms with van der Waals surface area (Å²) in [7, 11) is 0. The Morgan fingerprint density at radius 1 is 1.26 bits per heavy atom. The number of aryl methyl sites for hydroxylation is 1. The number of piperidine rings is 1. The second-order valence-corrected chi connectivity index (χ2v) is 10.6. The van der Waals surface area contributed by atoms with Crippen molar-refractivity contribution in [3.63, 3.8) is 0 Å². The zero-order chi connectivity index (χ0) is 24.9. The van der Waals surface area contributed by atoms with Gasteiger partial charge in [-0.1, -0.05) is 0 Å². The summed E-state index contributed by atoms with van der Waals surface area (Å²) >= 11 is 0. The number of carbonyl (C=O) groups is 1. The Labute approximate surface area is 197 Å². The maximum Gasteiger partial charge on any atom is 0.407 e. The second-order valence-electron chi connectivity index (χ2n) is 10.6. The van der Waals surface area contributed by atoms with Crippen LogP contribution in [-0.4, -0.2) is 40.1 Å². The second kappa shape index (κ2) is 8.63. The number of nitrogens with one attached hydrogen (secondary N) is 1. The third-order valence-corrected chi connectivity index (χ3v) is 6.70.